The Kier molecular flexibility index (Phi) is 4.06. The van der Waals surface area contributed by atoms with E-state index in [4.69, 9.17) is 5.84 Å². The van der Waals surface area contributed by atoms with E-state index in [1.165, 1.54) is 0 Å². The normalized spacial score (nSPS) is 11.1. The van der Waals surface area contributed by atoms with Crippen molar-refractivity contribution in [2.24, 2.45) is 10.9 Å². The quantitative estimate of drug-likeness (QED) is 0.541. The number of hydrazone groups is 1. The molecule has 2 aromatic rings. The summed E-state index contributed by atoms with van der Waals surface area (Å²) >= 11 is 0. The van der Waals surface area contributed by atoms with Crippen LogP contribution in [0.2, 0.25) is 0 Å². The summed E-state index contributed by atoms with van der Waals surface area (Å²) < 4.78 is 0. The topological polar surface area (TPSA) is 88.2 Å². The van der Waals surface area contributed by atoms with Gasteiger partial charge in [-0.3, -0.25) is 5.43 Å². The largest absolute Gasteiger partial charge is 0.306 e. The Morgan fingerprint density at radius 3 is 2.76 bits per heavy atom. The molecule has 1 aromatic carbocycles. The number of nitrogens with two attached hydrogens (primary N) is 1. The minimum atomic E-state index is 0. The minimum Gasteiger partial charge on any atom is -0.306 e. The maximum absolute atomic E-state index is 5.37. The van der Waals surface area contributed by atoms with E-state index in [0.717, 1.165) is 16.3 Å². The third-order valence-electron chi connectivity index (χ3n) is 2.35. The highest BCUT2D eigenvalue weighted by atomic mass is 35.5. The van der Waals surface area contributed by atoms with Gasteiger partial charge in [-0.05, 0) is 0 Å². The lowest BCUT2D eigenvalue weighted by molar-refractivity contribution is 1.03. The van der Waals surface area contributed by atoms with Crippen LogP contribution in [0.1, 0.15) is 5.56 Å². The highest BCUT2D eigenvalue weighted by Gasteiger charge is 2.13. The smallest absolute Gasteiger partial charge is 0.177 e. The lowest BCUT2D eigenvalue weighted by Gasteiger charge is -2.12. The fourth-order valence-electron chi connectivity index (χ4n) is 1.69. The first kappa shape index (κ1) is 13.4. The van der Waals surface area contributed by atoms with Crippen LogP contribution in [-0.4, -0.2) is 16.4 Å². The Hall–Kier alpha value is -1.63. The Bertz CT molecular complexity index is 571. The first-order chi connectivity index (χ1) is 7.40. The molecule has 2 heterocycles. The lowest BCUT2D eigenvalue weighted by Crippen LogP contribution is -2.12. The van der Waals surface area contributed by atoms with Crippen LogP contribution in [0.25, 0.3) is 10.8 Å². The van der Waals surface area contributed by atoms with E-state index in [-0.39, 0.29) is 24.8 Å². The molecule has 0 bridgehead atoms. The maximum atomic E-state index is 5.37. The summed E-state index contributed by atoms with van der Waals surface area (Å²) in [6.07, 6.45) is 1.75. The highest BCUT2D eigenvalue weighted by Crippen LogP contribution is 2.29. The number of hydrogen-bond donors (Lipinski definition) is 3. The molecule has 0 radical (unpaired) electrons. The van der Waals surface area contributed by atoms with Crippen LogP contribution in [-0.2, 0) is 0 Å². The van der Waals surface area contributed by atoms with E-state index in [9.17, 15) is 0 Å². The van der Waals surface area contributed by atoms with Crippen molar-refractivity contribution in [1.29, 1.82) is 0 Å². The summed E-state index contributed by atoms with van der Waals surface area (Å²) in [5.41, 5.74) is 6.34. The van der Waals surface area contributed by atoms with Crippen molar-refractivity contribution in [3.8, 4) is 0 Å². The van der Waals surface area contributed by atoms with Crippen molar-refractivity contribution in [1.82, 2.24) is 10.2 Å². The van der Waals surface area contributed by atoms with E-state index < -0.39 is 0 Å². The van der Waals surface area contributed by atoms with Gasteiger partial charge in [0.1, 0.15) is 0 Å². The van der Waals surface area contributed by atoms with Crippen LogP contribution < -0.4 is 16.7 Å². The second kappa shape index (κ2) is 5.13. The lowest BCUT2D eigenvalue weighted by atomic mass is 10.1. The molecule has 0 atom stereocenters. The average molecular weight is 273 g/mol. The molecule has 6 nitrogen and oxygen atoms in total. The molecule has 0 unspecified atom stereocenters. The van der Waals surface area contributed by atoms with Crippen LogP contribution in [0.15, 0.2) is 23.3 Å². The van der Waals surface area contributed by atoms with Crippen molar-refractivity contribution >= 4 is 53.4 Å². The Balaban J connectivity index is 0.000000722. The number of nitrogen functional groups attached to an aromatic ring is 1. The molecule has 0 saturated heterocycles. The van der Waals surface area contributed by atoms with Gasteiger partial charge in [-0.25, -0.2) is 5.84 Å². The zero-order valence-electron chi connectivity index (χ0n) is 8.54. The molecule has 0 fully saturated rings. The fraction of sp³-hybridized carbons (Fsp3) is 0. The Morgan fingerprint density at radius 1 is 1.18 bits per heavy atom. The maximum Gasteiger partial charge on any atom is 0.177 e. The molecule has 3 rings (SSSR count). The van der Waals surface area contributed by atoms with Gasteiger partial charge in [0.25, 0.3) is 0 Å². The summed E-state index contributed by atoms with van der Waals surface area (Å²) in [5, 5.41) is 13.8. The summed E-state index contributed by atoms with van der Waals surface area (Å²) in [5.74, 6) is 6.59. The number of aromatic nitrogens is 2. The number of nitrogens with zero attached hydrogens (tertiary/aromatic N) is 3. The number of hydrazine groups is 1. The molecule has 0 aliphatic carbocycles. The predicted molar refractivity (Wildman–Crippen MR) is 73.1 cm³/mol. The summed E-state index contributed by atoms with van der Waals surface area (Å²) in [7, 11) is 0. The number of anilines is 2. The van der Waals surface area contributed by atoms with Crippen LogP contribution in [0.3, 0.4) is 0 Å². The van der Waals surface area contributed by atoms with E-state index >= 15 is 0 Å². The van der Waals surface area contributed by atoms with Gasteiger partial charge in [-0.1, -0.05) is 18.2 Å². The van der Waals surface area contributed by atoms with Gasteiger partial charge < -0.3 is 5.43 Å². The van der Waals surface area contributed by atoms with Crippen LogP contribution >= 0.6 is 24.8 Å². The molecule has 8 heteroatoms. The molecular weight excluding hydrogens is 263 g/mol. The van der Waals surface area contributed by atoms with Crippen molar-refractivity contribution < 1.29 is 0 Å². The van der Waals surface area contributed by atoms with Crippen LogP contribution in [0.5, 0.6) is 0 Å². The van der Waals surface area contributed by atoms with Gasteiger partial charge in [-0.15, -0.1) is 35.0 Å². The van der Waals surface area contributed by atoms with Crippen molar-refractivity contribution in [3.05, 3.63) is 23.8 Å². The van der Waals surface area contributed by atoms with E-state index in [1.54, 1.807) is 6.21 Å². The summed E-state index contributed by atoms with van der Waals surface area (Å²) in [6.45, 7) is 0. The molecule has 0 spiro atoms. The minimum absolute atomic E-state index is 0. The molecule has 4 N–H and O–H groups in total. The van der Waals surface area contributed by atoms with Gasteiger partial charge in [0, 0.05) is 16.3 Å². The standard InChI is InChI=1S/C9H8N6.2ClH/c10-12-8-6-3-1-2-5-4-11-13-9(7(5)6)15-14-8;;/h1-4H,10H2,(H,12,14)(H,13,15);2*1H. The molecule has 17 heavy (non-hydrogen) atoms. The predicted octanol–water partition coefficient (Wildman–Crippen LogP) is 1.52. The number of rotatable bonds is 1. The van der Waals surface area contributed by atoms with Crippen molar-refractivity contribution in [2.75, 3.05) is 10.9 Å². The molecule has 1 aromatic heterocycles. The SMILES string of the molecule is Cl.Cl.NNc1nnc2c3c(cccc13)C=NN2. The fourth-order valence-corrected chi connectivity index (χ4v) is 1.69. The zero-order valence-corrected chi connectivity index (χ0v) is 10.2. The molecular formula is C9H10Cl2N6. The Morgan fingerprint density at radius 2 is 2.00 bits per heavy atom. The molecule has 90 valence electrons. The van der Waals surface area contributed by atoms with Gasteiger partial charge in [-0.2, -0.15) is 5.10 Å². The molecule has 1 aliphatic rings. The zero-order chi connectivity index (χ0) is 10.3. The molecule has 0 amide bonds. The second-order valence-electron chi connectivity index (χ2n) is 3.18. The first-order valence-corrected chi connectivity index (χ1v) is 4.45. The van der Waals surface area contributed by atoms with E-state index in [0.29, 0.717) is 11.6 Å². The third kappa shape index (κ3) is 1.97. The second-order valence-corrected chi connectivity index (χ2v) is 3.18. The highest BCUT2D eigenvalue weighted by molar-refractivity contribution is 6.10. The first-order valence-electron chi connectivity index (χ1n) is 4.45. The molecule has 1 aliphatic heterocycles. The number of halogens is 2. The van der Waals surface area contributed by atoms with Gasteiger partial charge in [0.15, 0.2) is 11.6 Å². The Labute approximate surface area is 109 Å². The number of benzene rings is 1. The number of hydrogen-bond acceptors (Lipinski definition) is 6. The van der Waals surface area contributed by atoms with Crippen LogP contribution in [0.4, 0.5) is 11.6 Å². The average Bonchev–Trinajstić information content (AvgIpc) is 2.30. The van der Waals surface area contributed by atoms with E-state index in [2.05, 4.69) is 26.2 Å². The van der Waals surface area contributed by atoms with Crippen molar-refractivity contribution in [2.45, 2.75) is 0 Å². The molecule has 0 saturated carbocycles. The van der Waals surface area contributed by atoms with Crippen molar-refractivity contribution in [3.63, 3.8) is 0 Å². The third-order valence-corrected chi connectivity index (χ3v) is 2.35. The van der Waals surface area contributed by atoms with Gasteiger partial charge in [0.2, 0.25) is 0 Å². The van der Waals surface area contributed by atoms with Gasteiger partial charge in [0.05, 0.1) is 6.21 Å². The van der Waals surface area contributed by atoms with Crippen LogP contribution in [0, 0.1) is 0 Å². The van der Waals surface area contributed by atoms with E-state index in [1.807, 2.05) is 18.2 Å². The number of nitrogens with one attached hydrogen (secondary N) is 2. The summed E-state index contributed by atoms with van der Waals surface area (Å²) in [4.78, 5) is 0. The van der Waals surface area contributed by atoms with Gasteiger partial charge >= 0.3 is 0 Å². The summed E-state index contributed by atoms with van der Waals surface area (Å²) in [6, 6.07) is 5.84. The monoisotopic (exact) mass is 272 g/mol.